The van der Waals surface area contributed by atoms with Gasteiger partial charge in [0.2, 0.25) is 0 Å². The van der Waals surface area contributed by atoms with Crippen molar-refractivity contribution in [2.45, 2.75) is 12.6 Å². The Morgan fingerprint density at radius 2 is 2.09 bits per heavy atom. The van der Waals surface area contributed by atoms with E-state index in [2.05, 4.69) is 10.2 Å². The van der Waals surface area contributed by atoms with Gasteiger partial charge >= 0.3 is 0 Å². The minimum Gasteiger partial charge on any atom is -0.494 e. The van der Waals surface area contributed by atoms with Crippen molar-refractivity contribution >= 4 is 0 Å². The minimum absolute atomic E-state index is 0.0737. The predicted molar refractivity (Wildman–Crippen MR) is 85.4 cm³/mol. The van der Waals surface area contributed by atoms with E-state index in [1.807, 2.05) is 12.1 Å². The molecule has 1 N–H and O–H groups in total. The Labute approximate surface area is 134 Å². The van der Waals surface area contributed by atoms with Crippen molar-refractivity contribution in [2.24, 2.45) is 0 Å². The van der Waals surface area contributed by atoms with Crippen molar-refractivity contribution in [1.29, 1.82) is 0 Å². The number of nitrogens with one attached hydrogen (secondary N) is 1. The first-order valence-corrected chi connectivity index (χ1v) is 7.70. The van der Waals surface area contributed by atoms with Crippen molar-refractivity contribution in [2.75, 3.05) is 26.7 Å². The van der Waals surface area contributed by atoms with Crippen molar-refractivity contribution in [3.05, 3.63) is 65.2 Å². The molecule has 1 fully saturated rings. The Morgan fingerprint density at radius 1 is 1.22 bits per heavy atom. The first-order chi connectivity index (χ1) is 11.2. The second-order valence-electron chi connectivity index (χ2n) is 5.71. The van der Waals surface area contributed by atoms with Gasteiger partial charge in [-0.2, -0.15) is 0 Å². The molecule has 122 valence electrons. The second kappa shape index (κ2) is 7.06. The summed E-state index contributed by atoms with van der Waals surface area (Å²) in [6.45, 7) is 3.06. The van der Waals surface area contributed by atoms with E-state index in [1.165, 1.54) is 19.2 Å². The van der Waals surface area contributed by atoms with Gasteiger partial charge in [-0.3, -0.25) is 4.90 Å². The van der Waals surface area contributed by atoms with Crippen LogP contribution in [0.25, 0.3) is 0 Å². The summed E-state index contributed by atoms with van der Waals surface area (Å²) in [6, 6.07) is 11.8. The number of nitrogens with zero attached hydrogens (tertiary/aromatic N) is 1. The van der Waals surface area contributed by atoms with Crippen LogP contribution in [-0.4, -0.2) is 31.6 Å². The Morgan fingerprint density at radius 3 is 2.83 bits per heavy atom. The fourth-order valence-corrected chi connectivity index (χ4v) is 3.02. The Bertz CT molecular complexity index is 678. The fraction of sp³-hybridized carbons (Fsp3) is 0.333. The van der Waals surface area contributed by atoms with Crippen LogP contribution in [0.15, 0.2) is 42.5 Å². The van der Waals surface area contributed by atoms with Crippen LogP contribution in [0.4, 0.5) is 8.78 Å². The summed E-state index contributed by atoms with van der Waals surface area (Å²) in [5.74, 6) is -0.346. The highest BCUT2D eigenvalue weighted by molar-refractivity contribution is 5.29. The molecule has 3 nitrogen and oxygen atoms in total. The van der Waals surface area contributed by atoms with Crippen LogP contribution < -0.4 is 10.1 Å². The molecular formula is C18H20F2N2O. The lowest BCUT2D eigenvalue weighted by molar-refractivity contribution is 0.153. The van der Waals surface area contributed by atoms with Crippen LogP contribution in [0.3, 0.4) is 0 Å². The molecule has 0 bridgehead atoms. The standard InChI is InChI=1S/C18H20F2N2O/c1-23-18-6-5-13(9-16(18)20)12-22-8-7-21-11-17(22)14-3-2-4-15(19)10-14/h2-6,9-10,17,21H,7-8,11-12H2,1H3. The number of rotatable bonds is 4. The zero-order chi connectivity index (χ0) is 16.2. The highest BCUT2D eigenvalue weighted by Crippen LogP contribution is 2.26. The molecule has 0 saturated carbocycles. The van der Waals surface area contributed by atoms with Crippen LogP contribution in [0.1, 0.15) is 17.2 Å². The maximum Gasteiger partial charge on any atom is 0.165 e. The summed E-state index contributed by atoms with van der Waals surface area (Å²) in [5, 5.41) is 3.34. The van der Waals surface area contributed by atoms with Crippen LogP contribution in [-0.2, 0) is 6.54 Å². The predicted octanol–water partition coefficient (Wildman–Crippen LogP) is 3.12. The third-order valence-corrected chi connectivity index (χ3v) is 4.19. The normalized spacial score (nSPS) is 18.8. The summed E-state index contributed by atoms with van der Waals surface area (Å²) in [4.78, 5) is 2.24. The zero-order valence-electron chi connectivity index (χ0n) is 13.1. The van der Waals surface area contributed by atoms with Gasteiger partial charge in [-0.15, -0.1) is 0 Å². The smallest absolute Gasteiger partial charge is 0.165 e. The van der Waals surface area contributed by atoms with E-state index in [-0.39, 0.29) is 23.4 Å². The third-order valence-electron chi connectivity index (χ3n) is 4.19. The maximum atomic E-state index is 13.9. The average molecular weight is 318 g/mol. The van der Waals surface area contributed by atoms with Gasteiger partial charge in [0.05, 0.1) is 7.11 Å². The molecule has 3 rings (SSSR count). The lowest BCUT2D eigenvalue weighted by Crippen LogP contribution is -2.45. The molecule has 1 saturated heterocycles. The Kier molecular flexibility index (Phi) is 4.88. The number of hydrogen-bond donors (Lipinski definition) is 1. The molecule has 2 aromatic carbocycles. The molecule has 2 aromatic rings. The van der Waals surface area contributed by atoms with Gasteiger partial charge < -0.3 is 10.1 Å². The largest absolute Gasteiger partial charge is 0.494 e. The van der Waals surface area contributed by atoms with Crippen molar-refractivity contribution in [1.82, 2.24) is 10.2 Å². The van der Waals surface area contributed by atoms with E-state index in [0.29, 0.717) is 6.54 Å². The molecular weight excluding hydrogens is 298 g/mol. The van der Waals surface area contributed by atoms with Gasteiger partial charge in [-0.05, 0) is 35.4 Å². The number of halogens is 2. The number of hydrogen-bond acceptors (Lipinski definition) is 3. The first-order valence-electron chi connectivity index (χ1n) is 7.70. The van der Waals surface area contributed by atoms with E-state index in [1.54, 1.807) is 18.2 Å². The summed E-state index contributed by atoms with van der Waals surface area (Å²) < 4.78 is 32.3. The number of methoxy groups -OCH3 is 1. The summed E-state index contributed by atoms with van der Waals surface area (Å²) in [7, 11) is 1.45. The molecule has 5 heteroatoms. The van der Waals surface area contributed by atoms with Crippen LogP contribution in [0, 0.1) is 11.6 Å². The Hall–Kier alpha value is -1.98. The topological polar surface area (TPSA) is 24.5 Å². The minimum atomic E-state index is -0.359. The molecule has 1 aliphatic rings. The van der Waals surface area contributed by atoms with Crippen molar-refractivity contribution in [3.63, 3.8) is 0 Å². The van der Waals surface area contributed by atoms with Crippen molar-refractivity contribution in [3.8, 4) is 5.75 Å². The van der Waals surface area contributed by atoms with Gasteiger partial charge in [0, 0.05) is 32.2 Å². The summed E-state index contributed by atoms with van der Waals surface area (Å²) in [6.07, 6.45) is 0. The molecule has 23 heavy (non-hydrogen) atoms. The Balaban J connectivity index is 1.80. The van der Waals surface area contributed by atoms with Gasteiger partial charge in [0.25, 0.3) is 0 Å². The first kappa shape index (κ1) is 15.9. The van der Waals surface area contributed by atoms with E-state index in [9.17, 15) is 8.78 Å². The van der Waals surface area contributed by atoms with E-state index < -0.39 is 0 Å². The maximum absolute atomic E-state index is 13.9. The van der Waals surface area contributed by atoms with Gasteiger partial charge in [0.15, 0.2) is 11.6 Å². The fourth-order valence-electron chi connectivity index (χ4n) is 3.02. The molecule has 1 aliphatic heterocycles. The van der Waals surface area contributed by atoms with E-state index >= 15 is 0 Å². The SMILES string of the molecule is COc1ccc(CN2CCNCC2c2cccc(F)c2)cc1F. The van der Waals surface area contributed by atoms with E-state index in [4.69, 9.17) is 4.74 Å². The van der Waals surface area contributed by atoms with Crippen LogP contribution in [0.2, 0.25) is 0 Å². The van der Waals surface area contributed by atoms with Gasteiger partial charge in [0.1, 0.15) is 5.82 Å². The summed E-state index contributed by atoms with van der Waals surface area (Å²) >= 11 is 0. The molecule has 0 spiro atoms. The van der Waals surface area contributed by atoms with Crippen molar-refractivity contribution < 1.29 is 13.5 Å². The molecule has 0 aliphatic carbocycles. The molecule has 0 aromatic heterocycles. The molecule has 1 heterocycles. The lowest BCUT2D eigenvalue weighted by Gasteiger charge is -2.36. The number of ether oxygens (including phenoxy) is 1. The molecule has 1 atom stereocenters. The highest BCUT2D eigenvalue weighted by Gasteiger charge is 2.24. The lowest BCUT2D eigenvalue weighted by atomic mass is 10.0. The highest BCUT2D eigenvalue weighted by atomic mass is 19.1. The average Bonchev–Trinajstić information content (AvgIpc) is 2.55. The van der Waals surface area contributed by atoms with Gasteiger partial charge in [-0.1, -0.05) is 18.2 Å². The molecule has 0 amide bonds. The third kappa shape index (κ3) is 3.68. The molecule has 0 radical (unpaired) electrons. The zero-order valence-corrected chi connectivity index (χ0v) is 13.1. The second-order valence-corrected chi connectivity index (χ2v) is 5.71. The van der Waals surface area contributed by atoms with E-state index in [0.717, 1.165) is 30.8 Å². The van der Waals surface area contributed by atoms with Gasteiger partial charge in [-0.25, -0.2) is 8.78 Å². The summed E-state index contributed by atoms with van der Waals surface area (Å²) in [5.41, 5.74) is 1.82. The van der Waals surface area contributed by atoms with Crippen LogP contribution in [0.5, 0.6) is 5.75 Å². The molecule has 1 unspecified atom stereocenters. The number of piperazine rings is 1. The number of benzene rings is 2. The quantitative estimate of drug-likeness (QED) is 0.937. The monoisotopic (exact) mass is 318 g/mol. The van der Waals surface area contributed by atoms with Crippen LogP contribution >= 0.6 is 0 Å².